The fraction of sp³-hybridized carbons (Fsp3) is 0.633. The van der Waals surface area contributed by atoms with E-state index in [1.165, 1.54) is 51.9 Å². The van der Waals surface area contributed by atoms with Gasteiger partial charge in [-0.3, -0.25) is 37.6 Å². The number of rotatable bonds is 29. The number of carboxylic acids is 1. The predicted molar refractivity (Wildman–Crippen MR) is 282 cm³/mol. The Morgan fingerprint density at radius 1 is 0.725 bits per heavy atom. The number of ether oxygens (including phenoxy) is 2. The van der Waals surface area contributed by atoms with E-state index in [0.29, 0.717) is 17.4 Å². The molecule has 0 spiro atoms. The van der Waals surface area contributed by atoms with Crippen molar-refractivity contribution >= 4 is 66.4 Å². The maximum absolute atomic E-state index is 14.6. The van der Waals surface area contributed by atoms with Gasteiger partial charge in [0.1, 0.15) is 48.2 Å². The number of unbranched alkanes of at least 4 members (excludes halogenated alkanes) is 12. The summed E-state index contributed by atoms with van der Waals surface area (Å²) >= 11 is 0. The molecule has 80 heavy (non-hydrogen) atoms. The third-order valence-electron chi connectivity index (χ3n) is 13.1. The molecule has 28 nitrogen and oxygen atoms in total. The lowest BCUT2D eigenvalue weighted by atomic mass is 9.93. The van der Waals surface area contributed by atoms with Gasteiger partial charge in [0.15, 0.2) is 17.2 Å². The lowest BCUT2D eigenvalue weighted by Gasteiger charge is -2.39. The number of amides is 5. The number of aliphatic carboxylic acids is 1. The first-order chi connectivity index (χ1) is 37.4. The van der Waals surface area contributed by atoms with Crippen LogP contribution in [0.4, 0.5) is 0 Å². The number of carboxylic acid groups (broad SMARTS) is 1. The van der Waals surface area contributed by atoms with Crippen molar-refractivity contribution in [2.24, 2.45) is 0 Å². The third kappa shape index (κ3) is 21.3. The molecule has 4 rings (SSSR count). The SMILES string of the molecule is CCCCCCCCCCCCCCCC(=O)NCCC(=O)N[C@H](CS(=O)(=O)O)C(=O)N(C)[C@@H]1C(=O)N[C@@H](C)C(=O)N[C@H](C(=O)O)Cc2ccc(OS(=O)(=O)O)c(c2)-c2cc1cc(OS(=O)(=O)O)c2O[C@@H]1O[C@@H](C)[C@H](O)[C@@H](O)[C@H]1O. The summed E-state index contributed by atoms with van der Waals surface area (Å²) in [7, 11) is -15.6. The van der Waals surface area contributed by atoms with Gasteiger partial charge < -0.3 is 64.4 Å². The molecule has 0 unspecified atom stereocenters. The van der Waals surface area contributed by atoms with E-state index in [4.69, 9.17) is 17.8 Å². The number of aliphatic hydroxyl groups is 3. The summed E-state index contributed by atoms with van der Waals surface area (Å²) in [6.45, 7) is 4.18. The van der Waals surface area contributed by atoms with Crippen LogP contribution in [0.15, 0.2) is 30.3 Å². The highest BCUT2D eigenvalue weighted by molar-refractivity contribution is 7.85. The summed E-state index contributed by atoms with van der Waals surface area (Å²) < 4.78 is 126. The molecule has 4 bridgehead atoms. The summed E-state index contributed by atoms with van der Waals surface area (Å²) in [6.07, 6.45) is 3.77. The minimum atomic E-state index is -5.75. The summed E-state index contributed by atoms with van der Waals surface area (Å²) in [4.78, 5) is 81.7. The molecule has 1 saturated heterocycles. The highest BCUT2D eigenvalue weighted by Crippen LogP contribution is 2.47. The smallest absolute Gasteiger partial charge is 0.446 e. The average Bonchev–Trinajstić information content (AvgIpc) is 3.35. The first-order valence-corrected chi connectivity index (χ1v) is 30.4. The Balaban J connectivity index is 1.75. The fourth-order valence-corrected chi connectivity index (χ4v) is 10.3. The van der Waals surface area contributed by atoms with Gasteiger partial charge in [0, 0.05) is 44.0 Å². The van der Waals surface area contributed by atoms with Gasteiger partial charge in [0.25, 0.3) is 10.1 Å². The lowest BCUT2D eigenvalue weighted by Crippen LogP contribution is -2.58. The van der Waals surface area contributed by atoms with Crippen LogP contribution in [0.3, 0.4) is 0 Å². The molecular weight excluding hydrogens is 1120 g/mol. The van der Waals surface area contributed by atoms with E-state index < -0.39 is 174 Å². The zero-order chi connectivity index (χ0) is 59.7. The third-order valence-corrected chi connectivity index (χ3v) is 14.7. The Bertz CT molecular complexity index is 2840. The number of fused-ring (bicyclic) bond motifs is 5. The van der Waals surface area contributed by atoms with Crippen molar-refractivity contribution in [2.75, 3.05) is 19.3 Å². The van der Waals surface area contributed by atoms with Crippen LogP contribution in [-0.4, -0.2) is 168 Å². The van der Waals surface area contributed by atoms with E-state index in [2.05, 4.69) is 28.2 Å². The van der Waals surface area contributed by atoms with E-state index in [1.807, 2.05) is 0 Å². The Labute approximate surface area is 464 Å². The summed E-state index contributed by atoms with van der Waals surface area (Å²) in [6, 6.07) is -3.80. The highest BCUT2D eigenvalue weighted by Gasteiger charge is 2.45. The van der Waals surface area contributed by atoms with Crippen LogP contribution in [0, 0.1) is 0 Å². The van der Waals surface area contributed by atoms with Crippen molar-refractivity contribution in [2.45, 2.75) is 178 Å². The molecule has 0 aromatic heterocycles. The van der Waals surface area contributed by atoms with Gasteiger partial charge in [-0.25, -0.2) is 4.79 Å². The van der Waals surface area contributed by atoms with E-state index in [1.54, 1.807) is 0 Å². The minimum absolute atomic E-state index is 0.0964. The lowest BCUT2D eigenvalue weighted by molar-refractivity contribution is -0.268. The molecule has 2 aliphatic rings. The van der Waals surface area contributed by atoms with Crippen molar-refractivity contribution < 1.29 is 106 Å². The molecule has 11 N–H and O–H groups in total. The van der Waals surface area contributed by atoms with Gasteiger partial charge >= 0.3 is 26.8 Å². The number of benzene rings is 2. The van der Waals surface area contributed by atoms with Gasteiger partial charge in [0.05, 0.1) is 6.10 Å². The maximum Gasteiger partial charge on any atom is 0.446 e. The first kappa shape index (κ1) is 66.7. The number of carbonyl (C=O) groups excluding carboxylic acids is 5. The molecule has 0 radical (unpaired) electrons. The molecule has 2 aromatic rings. The second kappa shape index (κ2) is 30.3. The zero-order valence-electron chi connectivity index (χ0n) is 44.6. The Kier molecular flexibility index (Phi) is 25.3. The molecule has 5 amide bonds. The van der Waals surface area contributed by atoms with Gasteiger partial charge in [-0.15, -0.1) is 0 Å². The molecule has 0 aliphatic carbocycles. The second-order valence-corrected chi connectivity index (χ2v) is 23.2. The Morgan fingerprint density at radius 2 is 1.30 bits per heavy atom. The summed E-state index contributed by atoms with van der Waals surface area (Å²) in [5.41, 5.74) is -2.16. The second-order valence-electron chi connectivity index (χ2n) is 19.7. The molecule has 9 atom stereocenters. The summed E-state index contributed by atoms with van der Waals surface area (Å²) in [5.74, 6) is -11.8. The number of likely N-dealkylation sites (N-methyl/N-ethyl adjacent to an activating group) is 1. The number of hydrogen-bond acceptors (Lipinski definition) is 19. The number of aliphatic hydroxyl groups excluding tert-OH is 3. The Morgan fingerprint density at radius 3 is 1.86 bits per heavy atom. The van der Waals surface area contributed by atoms with E-state index in [-0.39, 0.29) is 18.5 Å². The van der Waals surface area contributed by atoms with Gasteiger partial charge in [0.2, 0.25) is 35.8 Å². The van der Waals surface area contributed by atoms with Crippen molar-refractivity contribution in [1.82, 2.24) is 26.2 Å². The van der Waals surface area contributed by atoms with Crippen molar-refractivity contribution in [3.8, 4) is 28.4 Å². The molecule has 450 valence electrons. The molecule has 2 aromatic carbocycles. The molecule has 2 aliphatic heterocycles. The normalized spacial score (nSPS) is 22.1. The molecular formula is C49H73N5O23S3. The summed E-state index contributed by atoms with van der Waals surface area (Å²) in [5, 5.41) is 51.4. The number of carbonyl (C=O) groups is 6. The standard InChI is InChI=1S/C49H73N5O23S3/c1-5-6-7-8-9-10-11-12-13-14-15-16-17-18-38(55)50-22-21-39(56)52-35(27-78(65,66)67)47(62)54(4)40-31-25-33(44(37(26-31)77-80(71,72)73)75-49-43(59)42(58)41(57)29(3)74-49)32-23-30(19-20-36(32)76-79(68,69)70)24-34(48(63)64)53-45(60)28(2)51-46(40)61/h19-20,23,25-26,28-29,34-35,40-43,49,57-59H,5-18,21-22,24,27H2,1-4H3,(H,50,55)(H,51,61)(H,52,56)(H,53,60)(H,63,64)(H,65,66,67)(H,68,69,70)(H,71,72,73)/t28-,29-,34-,35+,40-,41-,42+,43+,49-/m0/s1. The van der Waals surface area contributed by atoms with Crippen LogP contribution in [0.25, 0.3) is 11.1 Å². The first-order valence-electron chi connectivity index (χ1n) is 26.0. The monoisotopic (exact) mass is 1200 g/mol. The van der Waals surface area contributed by atoms with Crippen LogP contribution in [0.1, 0.15) is 134 Å². The van der Waals surface area contributed by atoms with E-state index >= 15 is 0 Å². The van der Waals surface area contributed by atoms with E-state index in [9.17, 15) is 88.1 Å². The van der Waals surface area contributed by atoms with Crippen LogP contribution in [0.2, 0.25) is 0 Å². The molecule has 1 fully saturated rings. The maximum atomic E-state index is 14.6. The van der Waals surface area contributed by atoms with Gasteiger partial charge in [-0.05, 0) is 55.7 Å². The minimum Gasteiger partial charge on any atom is -0.480 e. The van der Waals surface area contributed by atoms with Crippen molar-refractivity contribution in [3.05, 3.63) is 41.5 Å². The van der Waals surface area contributed by atoms with Crippen LogP contribution < -0.4 is 34.4 Å². The average molecular weight is 1200 g/mol. The topological polar surface area (TPSA) is 435 Å². The highest BCUT2D eigenvalue weighted by atomic mass is 32.3. The van der Waals surface area contributed by atoms with Crippen LogP contribution in [0.5, 0.6) is 17.2 Å². The quantitative estimate of drug-likeness (QED) is 0.0405. The van der Waals surface area contributed by atoms with E-state index in [0.717, 1.165) is 70.3 Å². The van der Waals surface area contributed by atoms with Crippen molar-refractivity contribution in [3.63, 3.8) is 0 Å². The van der Waals surface area contributed by atoms with Crippen molar-refractivity contribution in [1.29, 1.82) is 0 Å². The molecule has 0 saturated carbocycles. The van der Waals surface area contributed by atoms with Crippen LogP contribution in [-0.2, 0) is 70.8 Å². The Hall–Kier alpha value is -5.77. The number of nitrogens with one attached hydrogen (secondary N) is 4. The number of hydrogen-bond donors (Lipinski definition) is 11. The zero-order valence-corrected chi connectivity index (χ0v) is 47.1. The predicted octanol–water partition coefficient (Wildman–Crippen LogP) is 1.41. The van der Waals surface area contributed by atoms with Gasteiger partial charge in [-0.2, -0.15) is 25.3 Å². The molecule has 31 heteroatoms. The van der Waals surface area contributed by atoms with Gasteiger partial charge in [-0.1, -0.05) is 90.0 Å². The van der Waals surface area contributed by atoms with Crippen LogP contribution >= 0.6 is 0 Å². The fourth-order valence-electron chi connectivity index (χ4n) is 8.98. The molecule has 2 heterocycles. The number of nitrogens with zero attached hydrogens (tertiary/aromatic N) is 1. The largest absolute Gasteiger partial charge is 0.480 e.